The molecular weight excluding hydrogens is 380 g/mol. The SMILES string of the molecule is CN(CCO)c1ccc(C(=O)NC2CCc3nnc(-c4ccncc4)n3CC2)cc1. The molecule has 8 heteroatoms. The van der Waals surface area contributed by atoms with Crippen LogP contribution in [-0.2, 0) is 13.0 Å². The van der Waals surface area contributed by atoms with Crippen molar-refractivity contribution in [1.29, 1.82) is 0 Å². The van der Waals surface area contributed by atoms with E-state index in [9.17, 15) is 4.79 Å². The topological polar surface area (TPSA) is 96.2 Å². The number of hydrogen-bond acceptors (Lipinski definition) is 6. The smallest absolute Gasteiger partial charge is 0.251 e. The van der Waals surface area contributed by atoms with Crippen LogP contribution in [-0.4, -0.2) is 57.0 Å². The van der Waals surface area contributed by atoms with Gasteiger partial charge in [0.15, 0.2) is 5.82 Å². The third-order valence-electron chi connectivity index (χ3n) is 5.52. The number of amides is 1. The molecule has 2 aromatic heterocycles. The van der Waals surface area contributed by atoms with Crippen molar-refractivity contribution in [2.24, 2.45) is 0 Å². The number of rotatable bonds is 6. The molecule has 3 heterocycles. The zero-order valence-corrected chi connectivity index (χ0v) is 17.0. The van der Waals surface area contributed by atoms with E-state index >= 15 is 0 Å². The lowest BCUT2D eigenvalue weighted by Gasteiger charge is -2.19. The first-order valence-corrected chi connectivity index (χ1v) is 10.2. The van der Waals surface area contributed by atoms with Crippen molar-refractivity contribution >= 4 is 11.6 Å². The fraction of sp³-hybridized carbons (Fsp3) is 0.364. The molecule has 1 amide bonds. The maximum absolute atomic E-state index is 12.7. The average Bonchev–Trinajstić information content (AvgIpc) is 3.09. The van der Waals surface area contributed by atoms with Crippen LogP contribution >= 0.6 is 0 Å². The molecule has 30 heavy (non-hydrogen) atoms. The van der Waals surface area contributed by atoms with Gasteiger partial charge in [-0.1, -0.05) is 0 Å². The first kappa shape index (κ1) is 20.0. The Balaban J connectivity index is 1.39. The van der Waals surface area contributed by atoms with Crippen LogP contribution in [0.3, 0.4) is 0 Å². The number of anilines is 1. The van der Waals surface area contributed by atoms with Gasteiger partial charge in [-0.2, -0.15) is 0 Å². The predicted octanol–water partition coefficient (Wildman–Crippen LogP) is 1.90. The molecule has 0 radical (unpaired) electrons. The van der Waals surface area contributed by atoms with E-state index in [1.165, 1.54) is 0 Å². The molecule has 156 valence electrons. The number of nitrogens with one attached hydrogen (secondary N) is 1. The molecule has 1 atom stereocenters. The molecule has 0 saturated heterocycles. The second-order valence-electron chi connectivity index (χ2n) is 7.52. The third-order valence-corrected chi connectivity index (χ3v) is 5.52. The zero-order valence-electron chi connectivity index (χ0n) is 17.0. The van der Waals surface area contributed by atoms with Gasteiger partial charge in [-0.25, -0.2) is 0 Å². The highest BCUT2D eigenvalue weighted by molar-refractivity contribution is 5.94. The van der Waals surface area contributed by atoms with Crippen molar-refractivity contribution in [1.82, 2.24) is 25.1 Å². The summed E-state index contributed by atoms with van der Waals surface area (Å²) in [7, 11) is 1.91. The average molecular weight is 406 g/mol. The van der Waals surface area contributed by atoms with Crippen LogP contribution in [0.5, 0.6) is 0 Å². The number of aromatic nitrogens is 4. The van der Waals surface area contributed by atoms with Gasteiger partial charge in [0.05, 0.1) is 6.61 Å². The lowest BCUT2D eigenvalue weighted by atomic mass is 10.1. The van der Waals surface area contributed by atoms with Crippen LogP contribution in [0.15, 0.2) is 48.8 Å². The number of aryl methyl sites for hydroxylation is 1. The van der Waals surface area contributed by atoms with Crippen LogP contribution in [0.4, 0.5) is 5.69 Å². The van der Waals surface area contributed by atoms with Gasteiger partial charge in [0.1, 0.15) is 5.82 Å². The fourth-order valence-electron chi connectivity index (χ4n) is 3.76. The summed E-state index contributed by atoms with van der Waals surface area (Å²) < 4.78 is 2.15. The van der Waals surface area contributed by atoms with E-state index in [2.05, 4.69) is 25.1 Å². The van der Waals surface area contributed by atoms with E-state index in [-0.39, 0.29) is 18.6 Å². The molecule has 1 unspecified atom stereocenters. The Morgan fingerprint density at radius 1 is 1.17 bits per heavy atom. The van der Waals surface area contributed by atoms with E-state index in [0.29, 0.717) is 12.1 Å². The Hall–Kier alpha value is -3.26. The van der Waals surface area contributed by atoms with E-state index in [1.807, 2.05) is 48.3 Å². The number of likely N-dealkylation sites (N-methyl/N-ethyl adjacent to an activating group) is 1. The predicted molar refractivity (Wildman–Crippen MR) is 114 cm³/mol. The Morgan fingerprint density at radius 3 is 2.67 bits per heavy atom. The Morgan fingerprint density at radius 2 is 1.93 bits per heavy atom. The van der Waals surface area contributed by atoms with Gasteiger partial charge < -0.3 is 19.9 Å². The molecule has 0 aliphatic carbocycles. The summed E-state index contributed by atoms with van der Waals surface area (Å²) in [4.78, 5) is 18.7. The number of hydrogen-bond donors (Lipinski definition) is 2. The fourth-order valence-corrected chi connectivity index (χ4v) is 3.76. The minimum absolute atomic E-state index is 0.0663. The highest BCUT2D eigenvalue weighted by Crippen LogP contribution is 2.22. The number of fused-ring (bicyclic) bond motifs is 1. The summed E-state index contributed by atoms with van der Waals surface area (Å²) in [6, 6.07) is 11.4. The normalized spacial score (nSPS) is 15.9. The summed E-state index contributed by atoms with van der Waals surface area (Å²) in [5.74, 6) is 1.74. The monoisotopic (exact) mass is 406 g/mol. The summed E-state index contributed by atoms with van der Waals surface area (Å²) in [6.45, 7) is 1.41. The highest BCUT2D eigenvalue weighted by atomic mass is 16.3. The summed E-state index contributed by atoms with van der Waals surface area (Å²) in [5, 5.41) is 20.9. The lowest BCUT2D eigenvalue weighted by Crippen LogP contribution is -2.35. The van der Waals surface area contributed by atoms with Crippen LogP contribution in [0, 0.1) is 0 Å². The minimum Gasteiger partial charge on any atom is -0.395 e. The maximum atomic E-state index is 12.7. The molecule has 4 rings (SSSR count). The molecule has 3 aromatic rings. The van der Waals surface area contributed by atoms with Crippen molar-refractivity contribution < 1.29 is 9.90 Å². The molecule has 0 saturated carbocycles. The van der Waals surface area contributed by atoms with E-state index in [0.717, 1.165) is 48.7 Å². The first-order chi connectivity index (χ1) is 14.7. The number of pyridine rings is 1. The van der Waals surface area contributed by atoms with Gasteiger partial charge in [-0.15, -0.1) is 10.2 Å². The van der Waals surface area contributed by atoms with Gasteiger partial charge in [0.25, 0.3) is 5.91 Å². The largest absolute Gasteiger partial charge is 0.395 e. The van der Waals surface area contributed by atoms with Crippen molar-refractivity contribution in [2.45, 2.75) is 31.8 Å². The van der Waals surface area contributed by atoms with Crippen LogP contribution in [0.1, 0.15) is 29.0 Å². The molecule has 0 fully saturated rings. The van der Waals surface area contributed by atoms with Crippen LogP contribution < -0.4 is 10.2 Å². The quantitative estimate of drug-likeness (QED) is 0.649. The van der Waals surface area contributed by atoms with Gasteiger partial charge in [-0.05, 0) is 49.2 Å². The molecule has 1 aliphatic rings. The second kappa shape index (κ2) is 9.04. The standard InChI is InChI=1S/C22H26N6O2/c1-27(14-15-29)19-5-2-17(3-6-19)22(30)24-18-4-7-20-25-26-21(28(20)13-10-18)16-8-11-23-12-9-16/h2-3,5-6,8-9,11-12,18,29H,4,7,10,13-15H2,1H3,(H,24,30). The minimum atomic E-state index is -0.0663. The second-order valence-corrected chi connectivity index (χ2v) is 7.52. The van der Waals surface area contributed by atoms with Crippen molar-refractivity contribution in [2.75, 3.05) is 25.1 Å². The van der Waals surface area contributed by atoms with E-state index in [1.54, 1.807) is 12.4 Å². The van der Waals surface area contributed by atoms with Gasteiger partial charge in [0, 0.05) is 61.8 Å². The number of carbonyl (C=O) groups excluding carboxylic acids is 1. The van der Waals surface area contributed by atoms with Gasteiger partial charge >= 0.3 is 0 Å². The van der Waals surface area contributed by atoms with Crippen molar-refractivity contribution in [3.05, 3.63) is 60.2 Å². The number of carbonyl (C=O) groups is 1. The molecule has 0 bridgehead atoms. The Kier molecular flexibility index (Phi) is 6.04. The molecular formula is C22H26N6O2. The number of benzene rings is 1. The first-order valence-electron chi connectivity index (χ1n) is 10.2. The third kappa shape index (κ3) is 4.33. The summed E-state index contributed by atoms with van der Waals surface area (Å²) >= 11 is 0. The highest BCUT2D eigenvalue weighted by Gasteiger charge is 2.22. The molecule has 8 nitrogen and oxygen atoms in total. The lowest BCUT2D eigenvalue weighted by molar-refractivity contribution is 0.0933. The number of nitrogens with zero attached hydrogens (tertiary/aromatic N) is 5. The van der Waals surface area contributed by atoms with E-state index in [4.69, 9.17) is 5.11 Å². The maximum Gasteiger partial charge on any atom is 0.251 e. The summed E-state index contributed by atoms with van der Waals surface area (Å²) in [5.41, 5.74) is 2.60. The van der Waals surface area contributed by atoms with Gasteiger partial charge in [0.2, 0.25) is 0 Å². The molecule has 1 aromatic carbocycles. The van der Waals surface area contributed by atoms with E-state index < -0.39 is 0 Å². The summed E-state index contributed by atoms with van der Waals surface area (Å²) in [6.07, 6.45) is 5.94. The van der Waals surface area contributed by atoms with Crippen molar-refractivity contribution in [3.8, 4) is 11.4 Å². The zero-order chi connectivity index (χ0) is 20.9. The van der Waals surface area contributed by atoms with Crippen LogP contribution in [0.2, 0.25) is 0 Å². The number of aliphatic hydroxyl groups is 1. The van der Waals surface area contributed by atoms with Gasteiger partial charge in [-0.3, -0.25) is 9.78 Å². The molecule has 1 aliphatic heterocycles. The number of aliphatic hydroxyl groups excluding tert-OH is 1. The van der Waals surface area contributed by atoms with Crippen molar-refractivity contribution in [3.63, 3.8) is 0 Å². The molecule has 0 spiro atoms. The Bertz CT molecular complexity index is 987. The Labute approximate surface area is 175 Å². The van der Waals surface area contributed by atoms with Crippen LogP contribution in [0.25, 0.3) is 11.4 Å². The molecule has 2 N–H and O–H groups in total.